The molecule has 4 heteroatoms. The number of halogens is 1. The lowest BCUT2D eigenvalue weighted by atomic mass is 10.1. The minimum Gasteiger partial charge on any atom is -0.481 e. The molecular weight excluding hydrogens is 310 g/mol. The van der Waals surface area contributed by atoms with Gasteiger partial charge in [0.15, 0.2) is 6.10 Å². The maximum Gasteiger partial charge on any atom is 0.261 e. The van der Waals surface area contributed by atoms with Gasteiger partial charge in [-0.15, -0.1) is 0 Å². The summed E-state index contributed by atoms with van der Waals surface area (Å²) in [4.78, 5) is 12.3. The lowest BCUT2D eigenvalue weighted by Crippen LogP contribution is -2.37. The molecule has 1 amide bonds. The molecule has 2 rings (SSSR count). The Kier molecular flexibility index (Phi) is 5.67. The fraction of sp³-hybridized carbons (Fsp3) is 0.316. The van der Waals surface area contributed by atoms with Crippen LogP contribution in [0.2, 0.25) is 5.02 Å². The van der Waals surface area contributed by atoms with Gasteiger partial charge in [0, 0.05) is 5.02 Å². The molecule has 1 N–H and O–H groups in total. The maximum atomic E-state index is 12.3. The summed E-state index contributed by atoms with van der Waals surface area (Å²) in [7, 11) is 0. The fourth-order valence-electron chi connectivity index (χ4n) is 2.39. The molecule has 0 saturated heterocycles. The van der Waals surface area contributed by atoms with Gasteiger partial charge in [-0.1, -0.05) is 41.9 Å². The molecule has 0 saturated carbocycles. The minimum atomic E-state index is -0.582. The predicted molar refractivity (Wildman–Crippen MR) is 94.0 cm³/mol. The lowest BCUT2D eigenvalue weighted by Gasteiger charge is -2.19. The van der Waals surface area contributed by atoms with Gasteiger partial charge in [-0.25, -0.2) is 0 Å². The number of carbonyl (C=O) groups is 1. The normalized spacial score (nSPS) is 13.3. The van der Waals surface area contributed by atoms with E-state index in [1.807, 2.05) is 63.2 Å². The van der Waals surface area contributed by atoms with Crippen molar-refractivity contribution in [3.8, 4) is 5.75 Å². The maximum absolute atomic E-state index is 12.3. The highest BCUT2D eigenvalue weighted by Gasteiger charge is 2.18. The molecule has 2 atom stereocenters. The quantitative estimate of drug-likeness (QED) is 0.869. The van der Waals surface area contributed by atoms with E-state index in [-0.39, 0.29) is 11.9 Å². The molecule has 2 aromatic carbocycles. The summed E-state index contributed by atoms with van der Waals surface area (Å²) in [6, 6.07) is 13.5. The van der Waals surface area contributed by atoms with Gasteiger partial charge in [-0.3, -0.25) is 4.79 Å². The Morgan fingerprint density at radius 1 is 1.09 bits per heavy atom. The third kappa shape index (κ3) is 4.49. The van der Waals surface area contributed by atoms with Crippen molar-refractivity contribution in [3.63, 3.8) is 0 Å². The van der Waals surface area contributed by atoms with Crippen LogP contribution in [0.25, 0.3) is 0 Å². The molecule has 0 fully saturated rings. The largest absolute Gasteiger partial charge is 0.481 e. The smallest absolute Gasteiger partial charge is 0.261 e. The second kappa shape index (κ2) is 7.51. The highest BCUT2D eigenvalue weighted by atomic mass is 35.5. The molecule has 23 heavy (non-hydrogen) atoms. The molecule has 0 unspecified atom stereocenters. The molecule has 3 nitrogen and oxygen atoms in total. The van der Waals surface area contributed by atoms with Crippen LogP contribution in [0.1, 0.15) is 36.6 Å². The van der Waals surface area contributed by atoms with Crippen LogP contribution in [0.4, 0.5) is 0 Å². The van der Waals surface area contributed by atoms with Crippen molar-refractivity contribution in [1.29, 1.82) is 0 Å². The number of hydrogen-bond donors (Lipinski definition) is 1. The molecule has 0 aromatic heterocycles. The molecule has 0 bridgehead atoms. The first-order chi connectivity index (χ1) is 10.9. The molecule has 2 aromatic rings. The molecule has 122 valence electrons. The number of ether oxygens (including phenoxy) is 1. The zero-order valence-electron chi connectivity index (χ0n) is 13.9. The van der Waals surface area contributed by atoms with Crippen LogP contribution in [-0.4, -0.2) is 12.0 Å². The van der Waals surface area contributed by atoms with Gasteiger partial charge in [0.2, 0.25) is 0 Å². The Morgan fingerprint density at radius 2 is 1.65 bits per heavy atom. The van der Waals surface area contributed by atoms with E-state index in [1.54, 1.807) is 6.92 Å². The van der Waals surface area contributed by atoms with Gasteiger partial charge in [0.1, 0.15) is 5.75 Å². The summed E-state index contributed by atoms with van der Waals surface area (Å²) in [6.45, 7) is 7.54. The van der Waals surface area contributed by atoms with Gasteiger partial charge < -0.3 is 10.1 Å². The van der Waals surface area contributed by atoms with E-state index in [9.17, 15) is 4.79 Å². The fourth-order valence-corrected chi connectivity index (χ4v) is 2.50. The number of rotatable bonds is 5. The van der Waals surface area contributed by atoms with Crippen molar-refractivity contribution >= 4 is 17.5 Å². The zero-order chi connectivity index (χ0) is 17.0. The van der Waals surface area contributed by atoms with Crippen molar-refractivity contribution in [2.45, 2.75) is 39.8 Å². The molecule has 0 aliphatic rings. The number of nitrogens with one attached hydrogen (secondary N) is 1. The van der Waals surface area contributed by atoms with Crippen LogP contribution in [0.15, 0.2) is 42.5 Å². The van der Waals surface area contributed by atoms with Gasteiger partial charge >= 0.3 is 0 Å². The van der Waals surface area contributed by atoms with E-state index in [4.69, 9.17) is 16.3 Å². The van der Waals surface area contributed by atoms with Crippen LogP contribution in [-0.2, 0) is 4.79 Å². The van der Waals surface area contributed by atoms with Crippen LogP contribution >= 0.6 is 11.6 Å². The lowest BCUT2D eigenvalue weighted by molar-refractivity contribution is -0.127. The number of amides is 1. The van der Waals surface area contributed by atoms with Crippen LogP contribution in [0, 0.1) is 13.8 Å². The Bertz CT molecular complexity index is 662. The molecule has 0 aliphatic heterocycles. The molecular formula is C19H22ClNO2. The highest BCUT2D eigenvalue weighted by Crippen LogP contribution is 2.26. The van der Waals surface area contributed by atoms with Crippen molar-refractivity contribution in [3.05, 3.63) is 64.2 Å². The standard InChI is InChI=1S/C19H22ClNO2/c1-12-10-17(11-13(2)18(12)20)23-15(4)19(22)21-14(3)16-8-6-5-7-9-16/h5-11,14-15H,1-4H3,(H,21,22)/t14-,15+/m1/s1. The van der Waals surface area contributed by atoms with Crippen LogP contribution in [0.5, 0.6) is 5.75 Å². The van der Waals surface area contributed by atoms with Crippen molar-refractivity contribution in [1.82, 2.24) is 5.32 Å². The highest BCUT2D eigenvalue weighted by molar-refractivity contribution is 6.32. The van der Waals surface area contributed by atoms with E-state index in [0.717, 1.165) is 21.7 Å². The predicted octanol–water partition coefficient (Wildman–Crippen LogP) is 4.60. The first kappa shape index (κ1) is 17.4. The van der Waals surface area contributed by atoms with Crippen LogP contribution in [0.3, 0.4) is 0 Å². The monoisotopic (exact) mass is 331 g/mol. The summed E-state index contributed by atoms with van der Waals surface area (Å²) >= 11 is 6.15. The average molecular weight is 332 g/mol. The Labute approximate surface area is 142 Å². The Hall–Kier alpha value is -2.00. The van der Waals surface area contributed by atoms with Crippen molar-refractivity contribution in [2.24, 2.45) is 0 Å². The second-order valence-electron chi connectivity index (χ2n) is 5.77. The third-order valence-electron chi connectivity index (χ3n) is 3.75. The van der Waals surface area contributed by atoms with E-state index in [1.165, 1.54) is 0 Å². The zero-order valence-corrected chi connectivity index (χ0v) is 14.6. The topological polar surface area (TPSA) is 38.3 Å². The van der Waals surface area contributed by atoms with Crippen molar-refractivity contribution < 1.29 is 9.53 Å². The number of benzene rings is 2. The van der Waals surface area contributed by atoms with Gasteiger partial charge in [-0.2, -0.15) is 0 Å². The van der Waals surface area contributed by atoms with E-state index >= 15 is 0 Å². The summed E-state index contributed by atoms with van der Waals surface area (Å²) in [5, 5.41) is 3.70. The second-order valence-corrected chi connectivity index (χ2v) is 6.15. The van der Waals surface area contributed by atoms with Gasteiger partial charge in [0.05, 0.1) is 6.04 Å². The van der Waals surface area contributed by atoms with Crippen molar-refractivity contribution in [2.75, 3.05) is 0 Å². The van der Waals surface area contributed by atoms with E-state index in [2.05, 4.69) is 5.32 Å². The third-order valence-corrected chi connectivity index (χ3v) is 4.35. The molecule has 0 aliphatic carbocycles. The summed E-state index contributed by atoms with van der Waals surface area (Å²) < 4.78 is 5.76. The first-order valence-corrected chi connectivity index (χ1v) is 8.05. The van der Waals surface area contributed by atoms with Crippen LogP contribution < -0.4 is 10.1 Å². The van der Waals surface area contributed by atoms with E-state index < -0.39 is 6.10 Å². The van der Waals surface area contributed by atoms with Gasteiger partial charge in [0.25, 0.3) is 5.91 Å². The SMILES string of the molecule is Cc1cc(O[C@@H](C)C(=O)N[C@H](C)c2ccccc2)cc(C)c1Cl. The summed E-state index contributed by atoms with van der Waals surface area (Å²) in [5.74, 6) is 0.506. The molecule has 0 heterocycles. The molecule has 0 radical (unpaired) electrons. The molecule has 0 spiro atoms. The minimum absolute atomic E-state index is 0.0663. The average Bonchev–Trinajstić information content (AvgIpc) is 2.53. The number of carbonyl (C=O) groups excluding carboxylic acids is 1. The number of hydrogen-bond acceptors (Lipinski definition) is 2. The Morgan fingerprint density at radius 3 is 2.22 bits per heavy atom. The van der Waals surface area contributed by atoms with E-state index in [0.29, 0.717) is 5.75 Å². The van der Waals surface area contributed by atoms with Gasteiger partial charge in [-0.05, 0) is 56.5 Å². The summed E-state index contributed by atoms with van der Waals surface area (Å²) in [6.07, 6.45) is -0.582. The Balaban J connectivity index is 2.00. The first-order valence-electron chi connectivity index (χ1n) is 7.67. The summed E-state index contributed by atoms with van der Waals surface area (Å²) in [5.41, 5.74) is 2.94. The number of aryl methyl sites for hydroxylation is 2.